The Morgan fingerprint density at radius 2 is 2.33 bits per heavy atom. The third-order valence-corrected chi connectivity index (χ3v) is 3.95. The molecule has 0 radical (unpaired) electrons. The first-order chi connectivity index (χ1) is 10.0. The summed E-state index contributed by atoms with van der Waals surface area (Å²) in [7, 11) is 3.51. The maximum atomic E-state index is 12.4. The Bertz CT molecular complexity index is 501. The lowest BCUT2D eigenvalue weighted by atomic mass is 10.1. The first kappa shape index (κ1) is 15.6. The van der Waals surface area contributed by atoms with E-state index in [1.165, 1.54) is 0 Å². The van der Waals surface area contributed by atoms with Gasteiger partial charge in [0.2, 0.25) is 5.91 Å². The van der Waals surface area contributed by atoms with Gasteiger partial charge in [-0.15, -0.1) is 0 Å². The van der Waals surface area contributed by atoms with Gasteiger partial charge in [-0.3, -0.25) is 9.69 Å². The summed E-state index contributed by atoms with van der Waals surface area (Å²) in [5.41, 5.74) is 6.93. The van der Waals surface area contributed by atoms with E-state index >= 15 is 0 Å². The van der Waals surface area contributed by atoms with Crippen molar-refractivity contribution in [3.8, 4) is 5.75 Å². The first-order valence-electron chi connectivity index (χ1n) is 7.07. The highest BCUT2D eigenvalue weighted by molar-refractivity contribution is 5.96. The van der Waals surface area contributed by atoms with Crippen molar-refractivity contribution in [2.45, 2.75) is 25.4 Å². The van der Waals surface area contributed by atoms with E-state index < -0.39 is 0 Å². The number of nitrogens with zero attached hydrogens (tertiary/aromatic N) is 1. The van der Waals surface area contributed by atoms with Crippen molar-refractivity contribution < 1.29 is 14.3 Å². The monoisotopic (exact) mass is 293 g/mol. The van der Waals surface area contributed by atoms with Crippen LogP contribution < -0.4 is 15.8 Å². The Kier molecular flexibility index (Phi) is 5.03. The Morgan fingerprint density at radius 3 is 2.95 bits per heavy atom. The average molecular weight is 293 g/mol. The van der Waals surface area contributed by atoms with Gasteiger partial charge in [-0.05, 0) is 38.6 Å². The van der Waals surface area contributed by atoms with E-state index in [-0.39, 0.29) is 18.0 Å². The topological polar surface area (TPSA) is 76.8 Å². The van der Waals surface area contributed by atoms with Crippen LogP contribution in [-0.4, -0.2) is 50.3 Å². The normalized spacial score (nSPS) is 19.5. The molecular weight excluding hydrogens is 270 g/mol. The van der Waals surface area contributed by atoms with Crippen LogP contribution in [0.15, 0.2) is 18.2 Å². The van der Waals surface area contributed by atoms with E-state index in [9.17, 15) is 4.79 Å². The van der Waals surface area contributed by atoms with Crippen LogP contribution >= 0.6 is 0 Å². The highest BCUT2D eigenvalue weighted by atomic mass is 16.5. The van der Waals surface area contributed by atoms with Crippen molar-refractivity contribution in [2.24, 2.45) is 0 Å². The van der Waals surface area contributed by atoms with Gasteiger partial charge in [0.25, 0.3) is 0 Å². The predicted molar refractivity (Wildman–Crippen MR) is 82.5 cm³/mol. The lowest BCUT2D eigenvalue weighted by Gasteiger charge is -2.28. The zero-order valence-electron chi connectivity index (χ0n) is 12.8. The van der Waals surface area contributed by atoms with Crippen LogP contribution in [-0.2, 0) is 9.53 Å². The molecule has 1 saturated heterocycles. The maximum Gasteiger partial charge on any atom is 0.241 e. The Labute approximate surface area is 125 Å². The summed E-state index contributed by atoms with van der Waals surface area (Å²) in [5.74, 6) is 0.505. The molecule has 1 amide bonds. The zero-order valence-corrected chi connectivity index (χ0v) is 12.8. The van der Waals surface area contributed by atoms with E-state index in [1.807, 2.05) is 18.9 Å². The molecular formula is C15H23N3O3. The van der Waals surface area contributed by atoms with Gasteiger partial charge in [-0.2, -0.15) is 0 Å². The van der Waals surface area contributed by atoms with Crippen LogP contribution in [0.25, 0.3) is 0 Å². The van der Waals surface area contributed by atoms with Gasteiger partial charge in [-0.1, -0.05) is 0 Å². The van der Waals surface area contributed by atoms with Crippen LogP contribution in [0.2, 0.25) is 0 Å². The number of amides is 1. The smallest absolute Gasteiger partial charge is 0.241 e. The van der Waals surface area contributed by atoms with Gasteiger partial charge in [-0.25, -0.2) is 0 Å². The molecule has 1 aromatic carbocycles. The quantitative estimate of drug-likeness (QED) is 0.801. The minimum absolute atomic E-state index is 0.0895. The van der Waals surface area contributed by atoms with Crippen LogP contribution in [0.1, 0.15) is 13.3 Å². The summed E-state index contributed by atoms with van der Waals surface area (Å²) in [6.07, 6.45) is 0.954. The molecule has 1 aromatic rings. The van der Waals surface area contributed by atoms with Crippen LogP contribution in [0.3, 0.4) is 0 Å². The minimum Gasteiger partial charge on any atom is -0.495 e. The largest absolute Gasteiger partial charge is 0.495 e. The Morgan fingerprint density at radius 1 is 1.57 bits per heavy atom. The number of nitrogen functional groups attached to an aromatic ring is 1. The number of nitrogens with two attached hydrogens (primary N) is 1. The van der Waals surface area contributed by atoms with E-state index in [1.54, 1.807) is 25.3 Å². The van der Waals surface area contributed by atoms with Crippen molar-refractivity contribution in [1.29, 1.82) is 0 Å². The molecule has 0 bridgehead atoms. The van der Waals surface area contributed by atoms with Gasteiger partial charge in [0.05, 0.1) is 25.4 Å². The molecule has 6 heteroatoms. The minimum atomic E-state index is -0.261. The number of ether oxygens (including phenoxy) is 2. The van der Waals surface area contributed by atoms with Crippen LogP contribution in [0, 0.1) is 0 Å². The molecule has 1 aliphatic rings. The van der Waals surface area contributed by atoms with Crippen LogP contribution in [0.4, 0.5) is 11.4 Å². The molecule has 0 saturated carbocycles. The van der Waals surface area contributed by atoms with E-state index in [0.717, 1.165) is 13.0 Å². The van der Waals surface area contributed by atoms with E-state index in [2.05, 4.69) is 5.32 Å². The van der Waals surface area contributed by atoms with Crippen molar-refractivity contribution in [3.05, 3.63) is 18.2 Å². The average Bonchev–Trinajstić information content (AvgIpc) is 3.00. The highest BCUT2D eigenvalue weighted by Gasteiger charge is 2.28. The fourth-order valence-electron chi connectivity index (χ4n) is 2.40. The molecule has 0 aliphatic carbocycles. The van der Waals surface area contributed by atoms with Crippen molar-refractivity contribution in [3.63, 3.8) is 0 Å². The fraction of sp³-hybridized carbons (Fsp3) is 0.533. The second kappa shape index (κ2) is 6.78. The Hall–Kier alpha value is -1.79. The number of benzene rings is 1. The second-order valence-electron chi connectivity index (χ2n) is 5.31. The highest BCUT2D eigenvalue weighted by Crippen LogP contribution is 2.27. The maximum absolute atomic E-state index is 12.4. The van der Waals surface area contributed by atoms with E-state index in [4.69, 9.17) is 15.2 Å². The van der Waals surface area contributed by atoms with Gasteiger partial charge >= 0.3 is 0 Å². The molecule has 1 fully saturated rings. The zero-order chi connectivity index (χ0) is 15.4. The predicted octanol–water partition coefficient (Wildman–Crippen LogP) is 1.33. The Balaban J connectivity index is 2.04. The number of nitrogens with one attached hydrogen (secondary N) is 1. The van der Waals surface area contributed by atoms with Crippen molar-refractivity contribution >= 4 is 17.3 Å². The molecule has 2 rings (SSSR count). The molecule has 2 atom stereocenters. The van der Waals surface area contributed by atoms with Crippen molar-refractivity contribution in [1.82, 2.24) is 4.90 Å². The fourth-order valence-corrected chi connectivity index (χ4v) is 2.40. The third-order valence-electron chi connectivity index (χ3n) is 3.95. The summed E-state index contributed by atoms with van der Waals surface area (Å²) in [6, 6.07) is 5.20. The standard InChI is InChI=1S/C15H23N3O3/c1-10(18(2)12-6-7-21-9-12)15(19)17-13-8-11(16)4-5-14(13)20-3/h4-5,8,10,12H,6-7,9,16H2,1-3H3,(H,17,19). The SMILES string of the molecule is COc1ccc(N)cc1NC(=O)C(C)N(C)C1CCOC1. The van der Waals surface area contributed by atoms with Gasteiger partial charge < -0.3 is 20.5 Å². The van der Waals surface area contributed by atoms with Gasteiger partial charge in [0.1, 0.15) is 5.75 Å². The number of carbonyl (C=O) groups is 1. The van der Waals surface area contributed by atoms with E-state index in [0.29, 0.717) is 23.7 Å². The summed E-state index contributed by atoms with van der Waals surface area (Å²) in [5, 5.41) is 2.88. The molecule has 21 heavy (non-hydrogen) atoms. The number of likely N-dealkylation sites (N-methyl/N-ethyl adjacent to an activating group) is 1. The van der Waals surface area contributed by atoms with Gasteiger partial charge in [0, 0.05) is 18.3 Å². The summed E-state index contributed by atoms with van der Waals surface area (Å²) in [6.45, 7) is 3.31. The first-order valence-corrected chi connectivity index (χ1v) is 7.07. The van der Waals surface area contributed by atoms with Crippen molar-refractivity contribution in [2.75, 3.05) is 38.4 Å². The lowest BCUT2D eigenvalue weighted by Crippen LogP contribution is -2.45. The number of carbonyl (C=O) groups excluding carboxylic acids is 1. The molecule has 116 valence electrons. The molecule has 1 aliphatic heterocycles. The number of anilines is 2. The lowest BCUT2D eigenvalue weighted by molar-refractivity contribution is -0.121. The third kappa shape index (κ3) is 3.65. The molecule has 3 N–H and O–H groups in total. The molecule has 2 unspecified atom stereocenters. The number of hydrogen-bond acceptors (Lipinski definition) is 5. The van der Waals surface area contributed by atoms with Gasteiger partial charge in [0.15, 0.2) is 0 Å². The molecule has 0 spiro atoms. The molecule has 6 nitrogen and oxygen atoms in total. The number of rotatable bonds is 5. The number of hydrogen-bond donors (Lipinski definition) is 2. The summed E-state index contributed by atoms with van der Waals surface area (Å²) < 4.78 is 10.6. The summed E-state index contributed by atoms with van der Waals surface area (Å²) in [4.78, 5) is 14.4. The number of methoxy groups -OCH3 is 1. The molecule has 1 heterocycles. The van der Waals surface area contributed by atoms with Crippen LogP contribution in [0.5, 0.6) is 5.75 Å². The summed E-state index contributed by atoms with van der Waals surface area (Å²) >= 11 is 0. The molecule has 0 aromatic heterocycles. The second-order valence-corrected chi connectivity index (χ2v) is 5.31.